The third kappa shape index (κ3) is 1.98. The first-order valence-electron chi connectivity index (χ1n) is 6.45. The van der Waals surface area contributed by atoms with Gasteiger partial charge in [-0.2, -0.15) is 5.10 Å². The van der Waals surface area contributed by atoms with E-state index >= 15 is 0 Å². The van der Waals surface area contributed by atoms with Crippen molar-refractivity contribution < 1.29 is 0 Å². The average Bonchev–Trinajstić information content (AvgIpc) is 2.62. The van der Waals surface area contributed by atoms with Crippen LogP contribution in [-0.2, 0) is 6.54 Å². The van der Waals surface area contributed by atoms with Gasteiger partial charge in [-0.25, -0.2) is 0 Å². The van der Waals surface area contributed by atoms with Gasteiger partial charge >= 0.3 is 0 Å². The summed E-state index contributed by atoms with van der Waals surface area (Å²) < 4.78 is 1.98. The minimum absolute atomic E-state index is 0.624. The highest BCUT2D eigenvalue weighted by atomic mass is 15.3. The van der Waals surface area contributed by atoms with E-state index in [-0.39, 0.29) is 0 Å². The third-order valence-corrected chi connectivity index (χ3v) is 3.59. The Kier molecular flexibility index (Phi) is 2.78. The van der Waals surface area contributed by atoms with Crippen molar-refractivity contribution in [2.45, 2.75) is 38.8 Å². The van der Waals surface area contributed by atoms with Gasteiger partial charge < -0.3 is 5.32 Å². The summed E-state index contributed by atoms with van der Waals surface area (Å²) in [5, 5.41) is 9.19. The predicted molar refractivity (Wildman–Crippen MR) is 72.2 cm³/mol. The van der Waals surface area contributed by atoms with Gasteiger partial charge in [0.05, 0.1) is 24.0 Å². The summed E-state index contributed by atoms with van der Waals surface area (Å²) in [5.74, 6) is 0. The van der Waals surface area contributed by atoms with Crippen LogP contribution in [0.1, 0.15) is 25.0 Å². The van der Waals surface area contributed by atoms with E-state index in [0.29, 0.717) is 12.6 Å². The van der Waals surface area contributed by atoms with E-state index in [1.807, 2.05) is 30.1 Å². The molecule has 1 fully saturated rings. The molecule has 0 bridgehead atoms. The molecule has 2 aromatic rings. The second-order valence-electron chi connectivity index (χ2n) is 5.01. The predicted octanol–water partition coefficient (Wildman–Crippen LogP) is 2.40. The summed E-state index contributed by atoms with van der Waals surface area (Å²) in [6.07, 6.45) is 7.53. The molecule has 0 amide bonds. The summed E-state index contributed by atoms with van der Waals surface area (Å²) in [6, 6.07) is 2.63. The van der Waals surface area contributed by atoms with Gasteiger partial charge in [0.2, 0.25) is 0 Å². The zero-order valence-electron chi connectivity index (χ0n) is 10.7. The summed E-state index contributed by atoms with van der Waals surface area (Å²) in [7, 11) is 0. The molecule has 1 saturated carbocycles. The third-order valence-electron chi connectivity index (χ3n) is 3.59. The number of rotatable bonds is 4. The molecule has 94 valence electrons. The highest BCUT2D eigenvalue weighted by molar-refractivity contribution is 5.80. The maximum absolute atomic E-state index is 4.56. The van der Waals surface area contributed by atoms with E-state index in [9.17, 15) is 0 Å². The minimum atomic E-state index is 0.624. The lowest BCUT2D eigenvalue weighted by Gasteiger charge is -2.28. The Labute approximate surface area is 107 Å². The molecular weight excluding hydrogens is 224 g/mol. The molecule has 1 aliphatic rings. The second-order valence-corrected chi connectivity index (χ2v) is 5.01. The highest BCUT2D eigenvalue weighted by Crippen LogP contribution is 2.20. The van der Waals surface area contributed by atoms with Crippen molar-refractivity contribution in [2.24, 2.45) is 0 Å². The van der Waals surface area contributed by atoms with Crippen molar-refractivity contribution in [3.8, 4) is 0 Å². The van der Waals surface area contributed by atoms with Gasteiger partial charge in [0.1, 0.15) is 0 Å². The molecule has 3 rings (SSSR count). The van der Waals surface area contributed by atoms with Gasteiger partial charge in [-0.05, 0) is 32.3 Å². The fourth-order valence-corrected chi connectivity index (χ4v) is 2.37. The molecule has 0 saturated heterocycles. The Morgan fingerprint density at radius 1 is 1.56 bits per heavy atom. The Morgan fingerprint density at radius 3 is 3.11 bits per heavy atom. The van der Waals surface area contributed by atoms with E-state index in [1.165, 1.54) is 24.6 Å². The standard InChI is InChI=1S/C14H18N4/c1-10(16-12-4-3-5-12)9-18-14-8-15-7-6-13(14)11(2)17-18/h6-8,12,16H,1,3-5,9H2,2H3. The van der Waals surface area contributed by atoms with Crippen LogP contribution >= 0.6 is 0 Å². The first kappa shape index (κ1) is 11.3. The van der Waals surface area contributed by atoms with Gasteiger partial charge in [0.15, 0.2) is 0 Å². The van der Waals surface area contributed by atoms with Crippen molar-refractivity contribution >= 4 is 10.9 Å². The maximum Gasteiger partial charge on any atom is 0.0873 e. The van der Waals surface area contributed by atoms with Crippen LogP contribution in [0.2, 0.25) is 0 Å². The van der Waals surface area contributed by atoms with E-state index in [1.54, 1.807) is 0 Å². The van der Waals surface area contributed by atoms with Gasteiger partial charge in [-0.15, -0.1) is 0 Å². The molecule has 0 radical (unpaired) electrons. The number of pyridine rings is 1. The second kappa shape index (κ2) is 4.44. The first-order valence-corrected chi connectivity index (χ1v) is 6.45. The number of aryl methyl sites for hydroxylation is 1. The molecule has 0 unspecified atom stereocenters. The van der Waals surface area contributed by atoms with Crippen LogP contribution in [0.25, 0.3) is 10.9 Å². The van der Waals surface area contributed by atoms with Crippen molar-refractivity contribution in [2.75, 3.05) is 0 Å². The number of aromatic nitrogens is 3. The molecule has 4 heteroatoms. The van der Waals surface area contributed by atoms with Crippen LogP contribution in [-0.4, -0.2) is 20.8 Å². The van der Waals surface area contributed by atoms with E-state index in [4.69, 9.17) is 0 Å². The average molecular weight is 242 g/mol. The fourth-order valence-electron chi connectivity index (χ4n) is 2.37. The van der Waals surface area contributed by atoms with Crippen LogP contribution in [0.5, 0.6) is 0 Å². The van der Waals surface area contributed by atoms with Gasteiger partial charge in [-0.1, -0.05) is 6.58 Å². The van der Waals surface area contributed by atoms with Crippen LogP contribution < -0.4 is 5.32 Å². The normalized spacial score (nSPS) is 15.6. The number of fused-ring (bicyclic) bond motifs is 1. The number of hydrogen-bond donors (Lipinski definition) is 1. The van der Waals surface area contributed by atoms with Gasteiger partial charge in [0, 0.05) is 23.3 Å². The summed E-state index contributed by atoms with van der Waals surface area (Å²) in [4.78, 5) is 4.17. The minimum Gasteiger partial charge on any atom is -0.385 e. The summed E-state index contributed by atoms with van der Waals surface area (Å²) >= 11 is 0. The summed E-state index contributed by atoms with van der Waals surface area (Å²) in [6.45, 7) is 6.84. The molecule has 2 heterocycles. The van der Waals surface area contributed by atoms with Crippen LogP contribution in [0.15, 0.2) is 30.7 Å². The number of nitrogens with one attached hydrogen (secondary N) is 1. The monoisotopic (exact) mass is 242 g/mol. The fraction of sp³-hybridized carbons (Fsp3) is 0.429. The maximum atomic E-state index is 4.56. The SMILES string of the molecule is C=C(Cn1nc(C)c2ccncc21)NC1CCC1. The van der Waals surface area contributed by atoms with E-state index in [2.05, 4.69) is 22.0 Å². The molecule has 0 aromatic carbocycles. The molecule has 18 heavy (non-hydrogen) atoms. The molecule has 0 spiro atoms. The molecular formula is C14H18N4. The zero-order chi connectivity index (χ0) is 12.5. The Balaban J connectivity index is 1.79. The van der Waals surface area contributed by atoms with Gasteiger partial charge in [-0.3, -0.25) is 9.67 Å². The quantitative estimate of drug-likeness (QED) is 0.895. The van der Waals surface area contributed by atoms with Crippen LogP contribution in [0.3, 0.4) is 0 Å². The van der Waals surface area contributed by atoms with Gasteiger partial charge in [0.25, 0.3) is 0 Å². The lowest BCUT2D eigenvalue weighted by atomic mass is 9.93. The molecule has 0 aliphatic heterocycles. The first-order chi connectivity index (χ1) is 8.74. The van der Waals surface area contributed by atoms with Crippen molar-refractivity contribution in [1.82, 2.24) is 20.1 Å². The Hall–Kier alpha value is -1.84. The van der Waals surface area contributed by atoms with Crippen LogP contribution in [0.4, 0.5) is 0 Å². The summed E-state index contributed by atoms with van der Waals surface area (Å²) in [5.41, 5.74) is 3.16. The lowest BCUT2D eigenvalue weighted by molar-refractivity contribution is 0.357. The number of nitrogens with zero attached hydrogens (tertiary/aromatic N) is 3. The lowest BCUT2D eigenvalue weighted by Crippen LogP contribution is -2.35. The Bertz CT molecular complexity index is 580. The largest absolute Gasteiger partial charge is 0.385 e. The van der Waals surface area contributed by atoms with E-state index in [0.717, 1.165) is 16.9 Å². The van der Waals surface area contributed by atoms with Crippen molar-refractivity contribution in [1.29, 1.82) is 0 Å². The van der Waals surface area contributed by atoms with Crippen LogP contribution in [0, 0.1) is 6.92 Å². The molecule has 1 N–H and O–H groups in total. The van der Waals surface area contributed by atoms with Crippen molar-refractivity contribution in [3.63, 3.8) is 0 Å². The molecule has 4 nitrogen and oxygen atoms in total. The number of allylic oxidation sites excluding steroid dienone is 1. The molecule has 2 aromatic heterocycles. The number of hydrogen-bond acceptors (Lipinski definition) is 3. The Morgan fingerprint density at radius 2 is 2.39 bits per heavy atom. The zero-order valence-corrected chi connectivity index (χ0v) is 10.7. The topological polar surface area (TPSA) is 42.7 Å². The van der Waals surface area contributed by atoms with E-state index < -0.39 is 0 Å². The van der Waals surface area contributed by atoms with Crippen molar-refractivity contribution in [3.05, 3.63) is 36.4 Å². The smallest absolute Gasteiger partial charge is 0.0873 e. The highest BCUT2D eigenvalue weighted by Gasteiger charge is 2.17. The molecule has 1 aliphatic carbocycles. The molecule has 0 atom stereocenters.